The number of hydrogen-bond acceptors (Lipinski definition) is 4. The lowest BCUT2D eigenvalue weighted by Crippen LogP contribution is -2.45. The van der Waals surface area contributed by atoms with Gasteiger partial charge >= 0.3 is 0 Å². The SMILES string of the molecule is COc1ccc(N([C@@H](C)C(=O)Nc2c(C)cccc2C)S(C)(=O)=O)cc1Cl. The van der Waals surface area contributed by atoms with Gasteiger partial charge in [-0.2, -0.15) is 0 Å². The van der Waals surface area contributed by atoms with Gasteiger partial charge in [-0.25, -0.2) is 8.42 Å². The molecule has 0 aliphatic carbocycles. The molecule has 2 aromatic carbocycles. The minimum atomic E-state index is -3.74. The van der Waals surface area contributed by atoms with Crippen molar-refractivity contribution in [2.75, 3.05) is 23.0 Å². The van der Waals surface area contributed by atoms with Crippen LogP contribution in [0.25, 0.3) is 0 Å². The lowest BCUT2D eigenvalue weighted by Gasteiger charge is -2.29. The Labute approximate surface area is 165 Å². The maximum absolute atomic E-state index is 12.8. The monoisotopic (exact) mass is 410 g/mol. The number of rotatable bonds is 6. The maximum Gasteiger partial charge on any atom is 0.248 e. The van der Waals surface area contributed by atoms with E-state index < -0.39 is 22.0 Å². The summed E-state index contributed by atoms with van der Waals surface area (Å²) in [4.78, 5) is 12.8. The van der Waals surface area contributed by atoms with Gasteiger partial charge in [-0.05, 0) is 50.1 Å². The first kappa shape index (κ1) is 21.1. The molecule has 0 aromatic heterocycles. The summed E-state index contributed by atoms with van der Waals surface area (Å²) in [6, 6.07) is 9.25. The number of methoxy groups -OCH3 is 1. The number of hydrogen-bond donors (Lipinski definition) is 1. The second-order valence-corrected chi connectivity index (χ2v) is 8.58. The molecule has 146 valence electrons. The number of amides is 1. The Morgan fingerprint density at radius 3 is 2.26 bits per heavy atom. The Kier molecular flexibility index (Phi) is 6.38. The van der Waals surface area contributed by atoms with Gasteiger partial charge in [-0.1, -0.05) is 29.8 Å². The fourth-order valence-corrected chi connectivity index (χ4v) is 4.26. The molecule has 0 aliphatic heterocycles. The molecule has 0 bridgehead atoms. The van der Waals surface area contributed by atoms with Gasteiger partial charge in [-0.15, -0.1) is 0 Å². The maximum atomic E-state index is 12.8. The van der Waals surface area contributed by atoms with E-state index >= 15 is 0 Å². The van der Waals surface area contributed by atoms with Gasteiger partial charge in [0.2, 0.25) is 15.9 Å². The first-order valence-electron chi connectivity index (χ1n) is 8.26. The minimum absolute atomic E-state index is 0.256. The minimum Gasteiger partial charge on any atom is -0.495 e. The normalized spacial score (nSPS) is 12.4. The number of benzene rings is 2. The van der Waals surface area contributed by atoms with E-state index in [0.29, 0.717) is 11.4 Å². The standard InChI is InChI=1S/C19H23ClN2O4S/c1-12-7-6-8-13(2)18(12)21-19(23)14(3)22(27(5,24)25)15-9-10-17(26-4)16(20)11-15/h6-11,14H,1-5H3,(H,21,23)/t14-/m0/s1. The van der Waals surface area contributed by atoms with E-state index in [0.717, 1.165) is 21.7 Å². The van der Waals surface area contributed by atoms with E-state index in [1.807, 2.05) is 32.0 Å². The molecule has 2 rings (SSSR count). The van der Waals surface area contributed by atoms with E-state index in [9.17, 15) is 13.2 Å². The number of sulfonamides is 1. The third-order valence-corrected chi connectivity index (χ3v) is 5.74. The number of carbonyl (C=O) groups is 1. The van der Waals surface area contributed by atoms with Crippen LogP contribution >= 0.6 is 11.6 Å². The Balaban J connectivity index is 2.39. The summed E-state index contributed by atoms with van der Waals surface area (Å²) >= 11 is 6.13. The fourth-order valence-electron chi connectivity index (χ4n) is 2.84. The molecule has 1 amide bonds. The van der Waals surface area contributed by atoms with Gasteiger partial charge in [0, 0.05) is 5.69 Å². The van der Waals surface area contributed by atoms with Crippen molar-refractivity contribution in [2.24, 2.45) is 0 Å². The van der Waals surface area contributed by atoms with Crippen LogP contribution in [0.5, 0.6) is 5.75 Å². The second kappa shape index (κ2) is 8.19. The largest absolute Gasteiger partial charge is 0.495 e. The highest BCUT2D eigenvalue weighted by atomic mass is 35.5. The summed E-state index contributed by atoms with van der Waals surface area (Å²) in [6.07, 6.45) is 1.05. The third-order valence-electron chi connectivity index (χ3n) is 4.21. The third kappa shape index (κ3) is 4.73. The smallest absolute Gasteiger partial charge is 0.248 e. The van der Waals surface area contributed by atoms with Crippen LogP contribution in [-0.2, 0) is 14.8 Å². The van der Waals surface area contributed by atoms with Gasteiger partial charge in [0.05, 0.1) is 24.1 Å². The van der Waals surface area contributed by atoms with Crippen molar-refractivity contribution in [3.8, 4) is 5.75 Å². The van der Waals surface area contributed by atoms with Crippen LogP contribution in [-0.4, -0.2) is 33.7 Å². The Hall–Kier alpha value is -2.25. The summed E-state index contributed by atoms with van der Waals surface area (Å²) in [7, 11) is -2.27. The molecular weight excluding hydrogens is 388 g/mol. The topological polar surface area (TPSA) is 75.7 Å². The van der Waals surface area contributed by atoms with Crippen molar-refractivity contribution >= 4 is 38.9 Å². The van der Waals surface area contributed by atoms with Crippen molar-refractivity contribution in [1.29, 1.82) is 0 Å². The summed E-state index contributed by atoms with van der Waals surface area (Å²) in [5.74, 6) is -0.0220. The van der Waals surface area contributed by atoms with Crippen molar-refractivity contribution in [3.05, 3.63) is 52.5 Å². The number of carbonyl (C=O) groups excluding carboxylic acids is 1. The lowest BCUT2D eigenvalue weighted by molar-refractivity contribution is -0.116. The Morgan fingerprint density at radius 1 is 1.19 bits per heavy atom. The van der Waals surface area contributed by atoms with Crippen molar-refractivity contribution in [3.63, 3.8) is 0 Å². The molecule has 6 nitrogen and oxygen atoms in total. The van der Waals surface area contributed by atoms with Crippen molar-refractivity contribution in [1.82, 2.24) is 0 Å². The highest BCUT2D eigenvalue weighted by Gasteiger charge is 2.30. The molecular formula is C19H23ClN2O4S. The van der Waals surface area contributed by atoms with Gasteiger partial charge < -0.3 is 10.1 Å². The van der Waals surface area contributed by atoms with E-state index in [2.05, 4.69) is 5.32 Å². The number of aryl methyl sites for hydroxylation is 2. The zero-order valence-corrected chi connectivity index (χ0v) is 17.5. The predicted molar refractivity (Wildman–Crippen MR) is 109 cm³/mol. The van der Waals surface area contributed by atoms with E-state index in [4.69, 9.17) is 16.3 Å². The molecule has 8 heteroatoms. The van der Waals surface area contributed by atoms with Crippen LogP contribution in [0.15, 0.2) is 36.4 Å². The van der Waals surface area contributed by atoms with Crippen LogP contribution in [0.3, 0.4) is 0 Å². The summed E-state index contributed by atoms with van der Waals surface area (Å²) in [5.41, 5.74) is 2.76. The molecule has 27 heavy (non-hydrogen) atoms. The zero-order valence-electron chi connectivity index (χ0n) is 15.9. The molecule has 0 spiro atoms. The van der Waals surface area contributed by atoms with Gasteiger partial charge in [0.15, 0.2) is 0 Å². The van der Waals surface area contributed by atoms with Crippen molar-refractivity contribution < 1.29 is 17.9 Å². The van der Waals surface area contributed by atoms with Gasteiger partial charge in [0.25, 0.3) is 0 Å². The van der Waals surface area contributed by atoms with Crippen LogP contribution in [0, 0.1) is 13.8 Å². The molecule has 0 fully saturated rings. The molecule has 0 heterocycles. The molecule has 0 radical (unpaired) electrons. The fraction of sp³-hybridized carbons (Fsp3) is 0.316. The molecule has 2 aromatic rings. The van der Waals surface area contributed by atoms with Gasteiger partial charge in [-0.3, -0.25) is 9.10 Å². The van der Waals surface area contributed by atoms with E-state index in [-0.39, 0.29) is 10.7 Å². The van der Waals surface area contributed by atoms with Gasteiger partial charge in [0.1, 0.15) is 11.8 Å². The highest BCUT2D eigenvalue weighted by Crippen LogP contribution is 2.31. The molecule has 1 N–H and O–H groups in total. The average Bonchev–Trinajstić information content (AvgIpc) is 2.57. The average molecular weight is 411 g/mol. The number of halogens is 1. The first-order chi connectivity index (χ1) is 12.6. The molecule has 0 saturated heterocycles. The highest BCUT2D eigenvalue weighted by molar-refractivity contribution is 7.92. The quantitative estimate of drug-likeness (QED) is 0.786. The molecule has 0 aliphatic rings. The van der Waals surface area contributed by atoms with Crippen molar-refractivity contribution in [2.45, 2.75) is 26.8 Å². The predicted octanol–water partition coefficient (Wildman–Crippen LogP) is 3.76. The van der Waals surface area contributed by atoms with Crippen LogP contribution in [0.2, 0.25) is 5.02 Å². The molecule has 0 unspecified atom stereocenters. The van der Waals surface area contributed by atoms with Crippen LogP contribution < -0.4 is 14.4 Å². The second-order valence-electron chi connectivity index (χ2n) is 6.31. The van der Waals surface area contributed by atoms with Crippen LogP contribution in [0.1, 0.15) is 18.1 Å². The number of ether oxygens (including phenoxy) is 1. The summed E-state index contributed by atoms with van der Waals surface area (Å²) < 4.78 is 30.9. The summed E-state index contributed by atoms with van der Waals surface area (Å²) in [6.45, 7) is 5.29. The van der Waals surface area contributed by atoms with E-state index in [1.54, 1.807) is 12.1 Å². The number of nitrogens with one attached hydrogen (secondary N) is 1. The summed E-state index contributed by atoms with van der Waals surface area (Å²) in [5, 5.41) is 3.09. The molecule has 1 atom stereocenters. The first-order valence-corrected chi connectivity index (χ1v) is 10.5. The lowest BCUT2D eigenvalue weighted by atomic mass is 10.1. The Morgan fingerprint density at radius 2 is 1.78 bits per heavy atom. The number of anilines is 2. The Bertz CT molecular complexity index is 940. The zero-order chi connectivity index (χ0) is 20.4. The van der Waals surface area contributed by atoms with E-state index in [1.165, 1.54) is 20.1 Å². The number of para-hydroxylation sites is 1. The molecule has 0 saturated carbocycles. The van der Waals surface area contributed by atoms with Crippen LogP contribution in [0.4, 0.5) is 11.4 Å². The number of nitrogens with zero attached hydrogens (tertiary/aromatic N) is 1.